The molecule has 0 radical (unpaired) electrons. The van der Waals surface area contributed by atoms with Gasteiger partial charge in [-0.05, 0) is 82.0 Å². The normalized spacial score (nSPS) is 14.1. The number of anilines is 2. The minimum Gasteiger partial charge on any atom is -0.333 e. The van der Waals surface area contributed by atoms with E-state index in [9.17, 15) is 45.2 Å². The second kappa shape index (κ2) is 15.8. The molecule has 1 aliphatic rings. The van der Waals surface area contributed by atoms with Crippen molar-refractivity contribution in [1.82, 2.24) is 19.6 Å². The fourth-order valence-corrected chi connectivity index (χ4v) is 6.81. The van der Waals surface area contributed by atoms with E-state index in [-0.39, 0.29) is 17.3 Å². The van der Waals surface area contributed by atoms with Crippen LogP contribution in [0, 0.1) is 11.7 Å². The number of aromatic nitrogens is 2. The van der Waals surface area contributed by atoms with Crippen LogP contribution in [-0.2, 0) is 34.0 Å². The smallest absolute Gasteiger partial charge is 0.333 e. The van der Waals surface area contributed by atoms with E-state index >= 15 is 0 Å². The number of amides is 4. The summed E-state index contributed by atoms with van der Waals surface area (Å²) in [5.41, 5.74) is -3.42. The molecule has 276 valence electrons. The average molecular weight is 757 g/mol. The molecule has 4 amide bonds. The van der Waals surface area contributed by atoms with E-state index in [4.69, 9.17) is 11.6 Å². The van der Waals surface area contributed by atoms with Gasteiger partial charge in [0.25, 0.3) is 21.5 Å². The molecule has 1 fully saturated rings. The molecule has 2 aromatic carbocycles. The van der Waals surface area contributed by atoms with E-state index in [0.29, 0.717) is 36.6 Å². The Morgan fingerprint density at radius 3 is 2.24 bits per heavy atom. The number of sulfonamides is 1. The number of alkyl halides is 3. The van der Waals surface area contributed by atoms with Crippen molar-refractivity contribution in [2.75, 3.05) is 10.6 Å². The van der Waals surface area contributed by atoms with Crippen LogP contribution in [0.15, 0.2) is 52.2 Å². The maximum absolute atomic E-state index is 14.4. The lowest BCUT2D eigenvalue weighted by atomic mass is 9.86. The minimum absolute atomic E-state index is 0.136. The molecule has 3 aromatic rings. The first-order chi connectivity index (χ1) is 23.7. The predicted molar refractivity (Wildman–Crippen MR) is 181 cm³/mol. The van der Waals surface area contributed by atoms with Crippen molar-refractivity contribution in [3.05, 3.63) is 80.6 Å². The molecule has 0 saturated heterocycles. The number of hydrogen-bond donors (Lipinski definition) is 4. The van der Waals surface area contributed by atoms with Gasteiger partial charge in [-0.2, -0.15) is 13.2 Å². The summed E-state index contributed by atoms with van der Waals surface area (Å²) in [5, 5.41) is 7.16. The van der Waals surface area contributed by atoms with Crippen LogP contribution in [0.4, 0.5) is 33.9 Å². The SMILES string of the molecule is CC(C)(C)NC(=O)Nc1nc(Cl)c(CCC2CCCCC2)n(CC(=O)Nc2cc(F)ccc2C(=O)NS(=O)(=O)c2ccc(C(F)(F)F)cc2)c1=O. The monoisotopic (exact) mass is 756 g/mol. The van der Waals surface area contributed by atoms with Gasteiger partial charge in [0, 0.05) is 5.54 Å². The van der Waals surface area contributed by atoms with E-state index in [1.807, 2.05) is 0 Å². The number of benzene rings is 2. The lowest BCUT2D eigenvalue weighted by Crippen LogP contribution is -2.44. The molecule has 1 heterocycles. The molecule has 12 nitrogen and oxygen atoms in total. The molecule has 1 saturated carbocycles. The maximum Gasteiger partial charge on any atom is 0.416 e. The second-order valence-electron chi connectivity index (χ2n) is 13.2. The van der Waals surface area contributed by atoms with Crippen molar-refractivity contribution in [1.29, 1.82) is 0 Å². The van der Waals surface area contributed by atoms with Crippen molar-refractivity contribution < 1.29 is 40.4 Å². The second-order valence-corrected chi connectivity index (χ2v) is 15.2. The maximum atomic E-state index is 14.4. The van der Waals surface area contributed by atoms with Crippen LogP contribution >= 0.6 is 11.6 Å². The van der Waals surface area contributed by atoms with Crippen molar-refractivity contribution >= 4 is 51.0 Å². The zero-order valence-electron chi connectivity index (χ0n) is 27.9. The summed E-state index contributed by atoms with van der Waals surface area (Å²) in [4.78, 5) is 56.2. The number of urea groups is 1. The van der Waals surface area contributed by atoms with Crippen molar-refractivity contribution in [3.8, 4) is 0 Å². The fourth-order valence-electron chi connectivity index (χ4n) is 5.57. The van der Waals surface area contributed by atoms with E-state index in [2.05, 4.69) is 20.9 Å². The molecule has 0 atom stereocenters. The summed E-state index contributed by atoms with van der Waals surface area (Å²) in [6.45, 7) is 4.43. The van der Waals surface area contributed by atoms with Gasteiger partial charge in [0.1, 0.15) is 12.4 Å². The summed E-state index contributed by atoms with van der Waals surface area (Å²) < 4.78 is 81.5. The molecule has 18 heteroatoms. The highest BCUT2D eigenvalue weighted by molar-refractivity contribution is 7.90. The summed E-state index contributed by atoms with van der Waals surface area (Å²) in [6.07, 6.45) is 1.41. The molecule has 4 rings (SSSR count). The molecule has 0 spiro atoms. The van der Waals surface area contributed by atoms with Gasteiger partial charge < -0.3 is 10.6 Å². The molecule has 1 aliphatic carbocycles. The first-order valence-electron chi connectivity index (χ1n) is 16.0. The first-order valence-corrected chi connectivity index (χ1v) is 17.8. The number of nitrogens with zero attached hydrogens (tertiary/aromatic N) is 2. The molecular formula is C33H37ClF4N6O6S. The third kappa shape index (κ3) is 10.7. The van der Waals surface area contributed by atoms with E-state index in [0.717, 1.165) is 54.9 Å². The highest BCUT2D eigenvalue weighted by Gasteiger charge is 2.31. The molecule has 51 heavy (non-hydrogen) atoms. The summed E-state index contributed by atoms with van der Waals surface area (Å²) >= 11 is 6.53. The Balaban J connectivity index is 1.61. The minimum atomic E-state index is -4.73. The van der Waals surface area contributed by atoms with Crippen LogP contribution < -0.4 is 26.2 Å². The topological polar surface area (TPSA) is 168 Å². The highest BCUT2D eigenvalue weighted by atomic mass is 35.5. The van der Waals surface area contributed by atoms with E-state index in [1.54, 1.807) is 25.5 Å². The number of carbonyl (C=O) groups is 3. The summed E-state index contributed by atoms with van der Waals surface area (Å²) in [7, 11) is -4.71. The molecule has 1 aromatic heterocycles. The highest BCUT2D eigenvalue weighted by Crippen LogP contribution is 2.30. The molecule has 0 aliphatic heterocycles. The van der Waals surface area contributed by atoms with Crippen molar-refractivity contribution in [2.24, 2.45) is 5.92 Å². The number of hydrogen-bond acceptors (Lipinski definition) is 7. The Hall–Kier alpha value is -4.51. The van der Waals surface area contributed by atoms with Gasteiger partial charge in [0.05, 0.1) is 27.4 Å². The summed E-state index contributed by atoms with van der Waals surface area (Å²) in [5.74, 6) is -3.31. The van der Waals surface area contributed by atoms with Gasteiger partial charge in [-0.25, -0.2) is 27.3 Å². The summed E-state index contributed by atoms with van der Waals surface area (Å²) in [6, 6.07) is 4.07. The Bertz CT molecular complexity index is 1960. The Morgan fingerprint density at radius 1 is 0.980 bits per heavy atom. The van der Waals surface area contributed by atoms with E-state index in [1.165, 1.54) is 0 Å². The third-order valence-corrected chi connectivity index (χ3v) is 9.63. The molecule has 0 unspecified atom stereocenters. The zero-order chi connectivity index (χ0) is 37.7. The van der Waals surface area contributed by atoms with Crippen LogP contribution in [0.3, 0.4) is 0 Å². The lowest BCUT2D eigenvalue weighted by Gasteiger charge is -2.23. The van der Waals surface area contributed by atoms with Gasteiger partial charge in [0.2, 0.25) is 11.7 Å². The van der Waals surface area contributed by atoms with Gasteiger partial charge in [-0.15, -0.1) is 0 Å². The number of carbonyl (C=O) groups excluding carboxylic acids is 3. The fraction of sp³-hybridized carbons (Fsp3) is 0.424. The van der Waals surface area contributed by atoms with Gasteiger partial charge in [-0.1, -0.05) is 43.7 Å². The van der Waals surface area contributed by atoms with Crippen LogP contribution in [0.2, 0.25) is 5.15 Å². The van der Waals surface area contributed by atoms with Crippen molar-refractivity contribution in [3.63, 3.8) is 0 Å². The average Bonchev–Trinajstić information content (AvgIpc) is 3.02. The van der Waals surface area contributed by atoms with Crippen LogP contribution in [0.1, 0.15) is 80.9 Å². The van der Waals surface area contributed by atoms with Crippen LogP contribution in [0.25, 0.3) is 0 Å². The number of nitrogens with one attached hydrogen (secondary N) is 4. The quantitative estimate of drug-likeness (QED) is 0.178. The Kier molecular flexibility index (Phi) is 12.2. The van der Waals surface area contributed by atoms with Gasteiger partial charge >= 0.3 is 12.2 Å². The first kappa shape index (κ1) is 39.3. The largest absolute Gasteiger partial charge is 0.416 e. The van der Waals surface area contributed by atoms with Gasteiger partial charge in [0.15, 0.2) is 5.15 Å². The Morgan fingerprint density at radius 2 is 1.63 bits per heavy atom. The van der Waals surface area contributed by atoms with Gasteiger partial charge in [-0.3, -0.25) is 24.3 Å². The molecular weight excluding hydrogens is 720 g/mol. The number of rotatable bonds is 10. The standard InChI is InChI=1S/C33H37ClF4N6O6S/c1-32(2,3)42-31(48)41-28-30(47)44(25(27(34)40-28)16-9-19-7-5-4-6-8-19)18-26(45)39-24-17-21(35)12-15-23(24)29(46)43-51(49,50)22-13-10-20(11-14-22)33(36,37)38/h10-15,17,19H,4-9,16,18H2,1-3H3,(H,39,45)(H,43,46)(H2,40,41,42,48). The Labute approximate surface area is 296 Å². The predicted octanol–water partition coefficient (Wildman–Crippen LogP) is 6.24. The van der Waals surface area contributed by atoms with Crippen LogP contribution in [-0.4, -0.2) is 41.4 Å². The van der Waals surface area contributed by atoms with Crippen molar-refractivity contribution in [2.45, 2.75) is 88.9 Å². The number of halogens is 5. The molecule has 4 N–H and O–H groups in total. The van der Waals surface area contributed by atoms with E-state index < -0.39 is 85.0 Å². The lowest BCUT2D eigenvalue weighted by molar-refractivity contribution is -0.137. The zero-order valence-corrected chi connectivity index (χ0v) is 29.5. The van der Waals surface area contributed by atoms with Crippen LogP contribution in [0.5, 0.6) is 0 Å². The molecule has 0 bridgehead atoms. The third-order valence-electron chi connectivity index (χ3n) is 7.98.